The molecular weight excluding hydrogens is 376 g/mol. The van der Waals surface area contributed by atoms with E-state index in [1.165, 1.54) is 0 Å². The third-order valence-corrected chi connectivity index (χ3v) is 4.79. The Balaban J connectivity index is 1.38. The van der Waals surface area contributed by atoms with E-state index in [9.17, 15) is 9.59 Å². The molecule has 148 valence electrons. The van der Waals surface area contributed by atoms with Gasteiger partial charge in [-0.05, 0) is 48.9 Å². The van der Waals surface area contributed by atoms with Gasteiger partial charge in [0.25, 0.3) is 11.8 Å². The van der Waals surface area contributed by atoms with Gasteiger partial charge in [-0.15, -0.1) is 0 Å². The monoisotopic (exact) mass is 396 g/mol. The smallest absolute Gasteiger partial charge is 0.271 e. The fourth-order valence-corrected chi connectivity index (χ4v) is 3.16. The van der Waals surface area contributed by atoms with Gasteiger partial charge in [-0.1, -0.05) is 36.4 Å². The molecule has 0 aliphatic rings. The van der Waals surface area contributed by atoms with Crippen molar-refractivity contribution in [3.63, 3.8) is 0 Å². The summed E-state index contributed by atoms with van der Waals surface area (Å²) in [7, 11) is 0. The van der Waals surface area contributed by atoms with Crippen LogP contribution in [0.4, 0.5) is 5.69 Å². The SMILES string of the molecule is Cc1ccccc1C(=O)Nc1ccc(C(=O)N/N=C\c2c[nH]c3ccccc23)cc1. The Hall–Kier alpha value is -4.19. The number of aromatic nitrogens is 1. The summed E-state index contributed by atoms with van der Waals surface area (Å²) in [6, 6.07) is 21.9. The maximum Gasteiger partial charge on any atom is 0.271 e. The van der Waals surface area contributed by atoms with Crippen molar-refractivity contribution >= 4 is 34.6 Å². The number of hydrogen-bond acceptors (Lipinski definition) is 3. The highest BCUT2D eigenvalue weighted by molar-refractivity contribution is 6.05. The largest absolute Gasteiger partial charge is 0.361 e. The topological polar surface area (TPSA) is 86.3 Å². The van der Waals surface area contributed by atoms with Crippen LogP contribution in [0.5, 0.6) is 0 Å². The van der Waals surface area contributed by atoms with Gasteiger partial charge in [0.15, 0.2) is 0 Å². The van der Waals surface area contributed by atoms with Crippen molar-refractivity contribution in [2.75, 3.05) is 5.32 Å². The Morgan fingerprint density at radius 1 is 0.900 bits per heavy atom. The number of nitrogens with zero attached hydrogens (tertiary/aromatic N) is 1. The number of carbonyl (C=O) groups is 2. The van der Waals surface area contributed by atoms with E-state index in [2.05, 4.69) is 20.8 Å². The van der Waals surface area contributed by atoms with Crippen molar-refractivity contribution in [3.05, 3.63) is 101 Å². The van der Waals surface area contributed by atoms with E-state index in [1.54, 1.807) is 36.5 Å². The van der Waals surface area contributed by atoms with Gasteiger partial charge in [-0.3, -0.25) is 9.59 Å². The molecule has 6 heteroatoms. The van der Waals surface area contributed by atoms with Crippen LogP contribution < -0.4 is 10.7 Å². The Bertz CT molecular complexity index is 1240. The molecular formula is C24H20N4O2. The molecule has 30 heavy (non-hydrogen) atoms. The van der Waals surface area contributed by atoms with Gasteiger partial charge in [0.1, 0.15) is 0 Å². The second-order valence-corrected chi connectivity index (χ2v) is 6.84. The summed E-state index contributed by atoms with van der Waals surface area (Å²) >= 11 is 0. The molecule has 6 nitrogen and oxygen atoms in total. The zero-order valence-electron chi connectivity index (χ0n) is 16.3. The van der Waals surface area contributed by atoms with E-state index in [4.69, 9.17) is 0 Å². The number of aryl methyl sites for hydroxylation is 1. The standard InChI is InChI=1S/C24H20N4O2/c1-16-6-2-3-7-20(16)24(30)27-19-12-10-17(11-13-19)23(29)28-26-15-18-14-25-22-9-5-4-8-21(18)22/h2-15,25H,1H3,(H,27,30)(H,28,29)/b26-15-. The Morgan fingerprint density at radius 2 is 1.63 bits per heavy atom. The maximum atomic E-state index is 12.4. The summed E-state index contributed by atoms with van der Waals surface area (Å²) in [4.78, 5) is 27.9. The van der Waals surface area contributed by atoms with Crippen molar-refractivity contribution in [3.8, 4) is 0 Å². The van der Waals surface area contributed by atoms with Crippen molar-refractivity contribution in [2.24, 2.45) is 5.10 Å². The Kier molecular flexibility index (Phi) is 5.39. The lowest BCUT2D eigenvalue weighted by atomic mass is 10.1. The Morgan fingerprint density at radius 3 is 2.43 bits per heavy atom. The number of aromatic amines is 1. The first-order chi connectivity index (χ1) is 14.6. The van der Waals surface area contributed by atoms with E-state index in [-0.39, 0.29) is 11.8 Å². The van der Waals surface area contributed by atoms with E-state index < -0.39 is 0 Å². The highest BCUT2D eigenvalue weighted by Gasteiger charge is 2.09. The lowest BCUT2D eigenvalue weighted by Crippen LogP contribution is -2.18. The van der Waals surface area contributed by atoms with Crippen LogP contribution in [0.1, 0.15) is 31.8 Å². The molecule has 0 aliphatic carbocycles. The minimum atomic E-state index is -0.331. The zero-order chi connectivity index (χ0) is 20.9. The number of carbonyl (C=O) groups excluding carboxylic acids is 2. The second kappa shape index (κ2) is 8.45. The fourth-order valence-electron chi connectivity index (χ4n) is 3.16. The van der Waals surface area contributed by atoms with Crippen LogP contribution >= 0.6 is 0 Å². The number of para-hydroxylation sites is 1. The van der Waals surface area contributed by atoms with E-state index in [0.717, 1.165) is 22.0 Å². The molecule has 0 unspecified atom stereocenters. The van der Waals surface area contributed by atoms with Gasteiger partial charge < -0.3 is 10.3 Å². The summed E-state index contributed by atoms with van der Waals surface area (Å²) in [5, 5.41) is 7.92. The molecule has 0 saturated heterocycles. The number of H-pyrrole nitrogens is 1. The van der Waals surface area contributed by atoms with Crippen molar-refractivity contribution in [2.45, 2.75) is 6.92 Å². The lowest BCUT2D eigenvalue weighted by Gasteiger charge is -2.08. The van der Waals surface area contributed by atoms with Crippen LogP contribution in [0.15, 0.2) is 84.1 Å². The molecule has 0 saturated carbocycles. The molecule has 1 aromatic heterocycles. The number of nitrogens with one attached hydrogen (secondary N) is 3. The first-order valence-electron chi connectivity index (χ1n) is 9.48. The third kappa shape index (κ3) is 4.12. The van der Waals surface area contributed by atoms with Gasteiger partial charge in [-0.2, -0.15) is 5.10 Å². The number of hydrogen-bond donors (Lipinski definition) is 3. The average molecular weight is 396 g/mol. The van der Waals surface area contributed by atoms with Crippen molar-refractivity contribution in [1.82, 2.24) is 10.4 Å². The van der Waals surface area contributed by atoms with Gasteiger partial charge in [0, 0.05) is 39.5 Å². The van der Waals surface area contributed by atoms with Crippen LogP contribution in [0.2, 0.25) is 0 Å². The van der Waals surface area contributed by atoms with Gasteiger partial charge in [0.05, 0.1) is 6.21 Å². The van der Waals surface area contributed by atoms with Gasteiger partial charge >= 0.3 is 0 Å². The van der Waals surface area contributed by atoms with Crippen molar-refractivity contribution in [1.29, 1.82) is 0 Å². The fraction of sp³-hybridized carbons (Fsp3) is 0.0417. The minimum Gasteiger partial charge on any atom is -0.361 e. The molecule has 4 rings (SSSR count). The first-order valence-corrected chi connectivity index (χ1v) is 9.48. The van der Waals surface area contributed by atoms with Crippen molar-refractivity contribution < 1.29 is 9.59 Å². The second-order valence-electron chi connectivity index (χ2n) is 6.84. The number of anilines is 1. The number of amides is 2. The molecule has 0 fully saturated rings. The molecule has 0 aliphatic heterocycles. The molecule has 1 heterocycles. The molecule has 0 radical (unpaired) electrons. The number of hydrazone groups is 1. The molecule has 2 amide bonds. The Labute approximate surface area is 173 Å². The lowest BCUT2D eigenvalue weighted by molar-refractivity contribution is 0.0954. The number of rotatable bonds is 5. The highest BCUT2D eigenvalue weighted by atomic mass is 16.2. The van der Waals surface area contributed by atoms with E-state index >= 15 is 0 Å². The highest BCUT2D eigenvalue weighted by Crippen LogP contribution is 2.16. The quantitative estimate of drug-likeness (QED) is 0.343. The number of fused-ring (bicyclic) bond motifs is 1. The normalized spacial score (nSPS) is 11.0. The predicted molar refractivity (Wildman–Crippen MR) is 119 cm³/mol. The molecule has 0 spiro atoms. The van der Waals surface area contributed by atoms with Crippen LogP contribution in [0, 0.1) is 6.92 Å². The summed E-state index contributed by atoms with van der Waals surface area (Å²) in [5.74, 6) is -0.517. The van der Waals surface area contributed by atoms with Gasteiger partial charge in [-0.25, -0.2) is 5.43 Å². The molecule has 3 N–H and O–H groups in total. The summed E-state index contributed by atoms with van der Waals surface area (Å²) < 4.78 is 0. The van der Waals surface area contributed by atoms with Crippen LogP contribution in [-0.2, 0) is 0 Å². The molecule has 0 atom stereocenters. The third-order valence-electron chi connectivity index (χ3n) is 4.79. The summed E-state index contributed by atoms with van der Waals surface area (Å²) in [6.45, 7) is 1.89. The molecule has 3 aromatic carbocycles. The van der Waals surface area contributed by atoms with E-state index in [0.29, 0.717) is 16.8 Å². The number of benzene rings is 3. The summed E-state index contributed by atoms with van der Waals surface area (Å²) in [6.07, 6.45) is 3.44. The first kappa shape index (κ1) is 19.1. The molecule has 0 bridgehead atoms. The van der Waals surface area contributed by atoms with E-state index in [1.807, 2.05) is 55.6 Å². The van der Waals surface area contributed by atoms with Gasteiger partial charge in [0.2, 0.25) is 0 Å². The van der Waals surface area contributed by atoms with Crippen LogP contribution in [0.25, 0.3) is 10.9 Å². The minimum absolute atomic E-state index is 0.186. The predicted octanol–water partition coefficient (Wildman–Crippen LogP) is 4.49. The van der Waals surface area contributed by atoms with Crippen LogP contribution in [-0.4, -0.2) is 23.0 Å². The maximum absolute atomic E-state index is 12.4. The molecule has 4 aromatic rings. The van der Waals surface area contributed by atoms with Crippen LogP contribution in [0.3, 0.4) is 0 Å². The summed E-state index contributed by atoms with van der Waals surface area (Å²) in [5.41, 5.74) is 7.00. The average Bonchev–Trinajstić information content (AvgIpc) is 3.17. The zero-order valence-corrected chi connectivity index (χ0v) is 16.3.